The lowest BCUT2D eigenvalue weighted by atomic mass is 10.2. The Hall–Kier alpha value is -2.18. The van der Waals surface area contributed by atoms with E-state index in [4.69, 9.17) is 15.2 Å². The number of rotatable bonds is 4. The molecule has 0 fully saturated rings. The van der Waals surface area contributed by atoms with E-state index in [0.29, 0.717) is 0 Å². The molecule has 0 heterocycles. The molecule has 1 aromatic carbocycles. The number of benzene rings is 1. The average Bonchev–Trinajstić information content (AvgIpc) is 2.32. The van der Waals surface area contributed by atoms with Crippen LogP contribution in [0.3, 0.4) is 0 Å². The Morgan fingerprint density at radius 1 is 1.23 bits per heavy atom. The number of hydrogen-bond donors (Lipinski definition) is 1. The number of carbonyl (C=O) groups is 1. The van der Waals surface area contributed by atoms with Crippen molar-refractivity contribution in [3.8, 4) is 5.75 Å². The van der Waals surface area contributed by atoms with Crippen molar-refractivity contribution < 1.29 is 27.4 Å². The first-order chi connectivity index (χ1) is 9.88. The van der Waals surface area contributed by atoms with Gasteiger partial charge in [0.05, 0.1) is 11.1 Å². The van der Waals surface area contributed by atoms with Gasteiger partial charge in [-0.1, -0.05) is 6.58 Å². The van der Waals surface area contributed by atoms with Crippen LogP contribution in [-0.4, -0.2) is 18.2 Å². The molecule has 0 atom stereocenters. The Morgan fingerprint density at radius 3 is 2.32 bits per heavy atom. The molecule has 1 rings (SSSR count). The zero-order valence-corrected chi connectivity index (χ0v) is 12.6. The van der Waals surface area contributed by atoms with Gasteiger partial charge in [-0.05, 0) is 32.9 Å². The highest BCUT2D eigenvalue weighted by Gasteiger charge is 2.31. The lowest BCUT2D eigenvalue weighted by Crippen LogP contribution is -2.26. The van der Waals surface area contributed by atoms with E-state index >= 15 is 0 Å². The summed E-state index contributed by atoms with van der Waals surface area (Å²) in [4.78, 5) is 11.7. The largest absolute Gasteiger partial charge is 0.489 e. The summed E-state index contributed by atoms with van der Waals surface area (Å²) in [5.74, 6) is -0.774. The van der Waals surface area contributed by atoms with Gasteiger partial charge in [-0.2, -0.15) is 13.2 Å². The van der Waals surface area contributed by atoms with Crippen LogP contribution in [0.25, 0.3) is 0 Å². The van der Waals surface area contributed by atoms with E-state index in [2.05, 4.69) is 6.58 Å². The van der Waals surface area contributed by atoms with E-state index in [9.17, 15) is 18.0 Å². The van der Waals surface area contributed by atoms with Gasteiger partial charge >= 0.3 is 12.1 Å². The fourth-order valence-electron chi connectivity index (χ4n) is 1.45. The maximum Gasteiger partial charge on any atom is 0.416 e. The molecule has 0 saturated heterocycles. The van der Waals surface area contributed by atoms with Crippen LogP contribution in [0.5, 0.6) is 5.75 Å². The summed E-state index contributed by atoms with van der Waals surface area (Å²) in [5.41, 5.74) is 3.69. The second-order valence-electron chi connectivity index (χ2n) is 5.68. The number of ether oxygens (including phenoxy) is 2. The molecule has 1 aromatic rings. The molecular formula is C15H18F3NO3. The minimum absolute atomic E-state index is 0.00842. The van der Waals surface area contributed by atoms with E-state index < -0.39 is 23.3 Å². The zero-order valence-electron chi connectivity index (χ0n) is 12.6. The predicted molar refractivity (Wildman–Crippen MR) is 76.3 cm³/mol. The summed E-state index contributed by atoms with van der Waals surface area (Å²) in [6, 6.07) is 2.84. The molecule has 0 aromatic heterocycles. The van der Waals surface area contributed by atoms with E-state index in [1.165, 1.54) is 6.07 Å². The standard InChI is InChI=1S/C15H18F3NO3/c1-9(13(20)22-14(2,3)4)8-21-12-6-10(15(16,17)18)5-11(19)7-12/h5-7H,1,8,19H2,2-4H3. The number of carbonyl (C=O) groups excluding carboxylic acids is 1. The molecule has 0 aliphatic heterocycles. The van der Waals surface area contributed by atoms with Gasteiger partial charge in [0.1, 0.15) is 18.0 Å². The molecule has 0 aliphatic carbocycles. The number of alkyl halides is 3. The highest BCUT2D eigenvalue weighted by molar-refractivity contribution is 5.88. The van der Waals surface area contributed by atoms with Crippen molar-refractivity contribution in [2.45, 2.75) is 32.5 Å². The highest BCUT2D eigenvalue weighted by atomic mass is 19.4. The Kier molecular flexibility index (Phi) is 5.11. The number of nitrogen functional groups attached to an aromatic ring is 1. The van der Waals surface area contributed by atoms with Crippen LogP contribution < -0.4 is 10.5 Å². The monoisotopic (exact) mass is 317 g/mol. The van der Waals surface area contributed by atoms with Gasteiger partial charge in [0, 0.05) is 11.8 Å². The van der Waals surface area contributed by atoms with Crippen LogP contribution in [0.2, 0.25) is 0 Å². The minimum atomic E-state index is -4.53. The van der Waals surface area contributed by atoms with Gasteiger partial charge in [0.2, 0.25) is 0 Å². The second-order valence-corrected chi connectivity index (χ2v) is 5.68. The summed E-state index contributed by atoms with van der Waals surface area (Å²) in [6.07, 6.45) is -4.53. The predicted octanol–water partition coefficient (Wildman–Crippen LogP) is 3.56. The maximum atomic E-state index is 12.7. The van der Waals surface area contributed by atoms with Gasteiger partial charge in [-0.25, -0.2) is 4.79 Å². The summed E-state index contributed by atoms with van der Waals surface area (Å²) in [5, 5.41) is 0. The van der Waals surface area contributed by atoms with E-state index in [1.807, 2.05) is 0 Å². The molecule has 0 amide bonds. The van der Waals surface area contributed by atoms with Crippen molar-refractivity contribution in [2.75, 3.05) is 12.3 Å². The molecule has 0 spiro atoms. The van der Waals surface area contributed by atoms with Crippen molar-refractivity contribution in [1.29, 1.82) is 0 Å². The first kappa shape index (κ1) is 17.9. The van der Waals surface area contributed by atoms with Crippen molar-refractivity contribution in [1.82, 2.24) is 0 Å². The fourth-order valence-corrected chi connectivity index (χ4v) is 1.45. The lowest BCUT2D eigenvalue weighted by molar-refractivity contribution is -0.150. The molecule has 0 bridgehead atoms. The number of hydrogen-bond acceptors (Lipinski definition) is 4. The summed E-state index contributed by atoms with van der Waals surface area (Å²) in [7, 11) is 0. The van der Waals surface area contributed by atoms with Crippen LogP contribution in [0.4, 0.5) is 18.9 Å². The third-order valence-electron chi connectivity index (χ3n) is 2.36. The first-order valence-corrected chi connectivity index (χ1v) is 6.40. The van der Waals surface area contributed by atoms with Crippen molar-refractivity contribution >= 4 is 11.7 Å². The number of anilines is 1. The summed E-state index contributed by atoms with van der Waals surface area (Å²) >= 11 is 0. The molecule has 0 aliphatic rings. The Labute approximate surface area is 126 Å². The van der Waals surface area contributed by atoms with E-state index in [0.717, 1.165) is 12.1 Å². The highest BCUT2D eigenvalue weighted by Crippen LogP contribution is 2.33. The number of esters is 1. The molecule has 4 nitrogen and oxygen atoms in total. The van der Waals surface area contributed by atoms with Crippen molar-refractivity contribution in [3.63, 3.8) is 0 Å². The normalized spacial score (nSPS) is 11.9. The number of nitrogens with two attached hydrogens (primary N) is 1. The second kappa shape index (κ2) is 6.29. The molecule has 122 valence electrons. The first-order valence-electron chi connectivity index (χ1n) is 6.40. The van der Waals surface area contributed by atoms with E-state index in [1.54, 1.807) is 20.8 Å². The molecule has 2 N–H and O–H groups in total. The smallest absolute Gasteiger partial charge is 0.416 e. The molecule has 22 heavy (non-hydrogen) atoms. The number of halogens is 3. The Bertz CT molecular complexity index is 574. The lowest BCUT2D eigenvalue weighted by Gasteiger charge is -2.20. The summed E-state index contributed by atoms with van der Waals surface area (Å²) in [6.45, 7) is 8.26. The molecule has 7 heteroatoms. The van der Waals surface area contributed by atoms with Gasteiger partial charge in [-0.15, -0.1) is 0 Å². The SMILES string of the molecule is C=C(COc1cc(N)cc(C(F)(F)F)c1)C(=O)OC(C)(C)C. The van der Waals surface area contributed by atoms with Crippen LogP contribution in [0.15, 0.2) is 30.4 Å². The van der Waals surface area contributed by atoms with Crippen LogP contribution in [0, 0.1) is 0 Å². The average molecular weight is 317 g/mol. The van der Waals surface area contributed by atoms with Gasteiger partial charge in [0.15, 0.2) is 0 Å². The Balaban J connectivity index is 2.75. The van der Waals surface area contributed by atoms with E-state index in [-0.39, 0.29) is 23.6 Å². The summed E-state index contributed by atoms with van der Waals surface area (Å²) < 4.78 is 48.2. The van der Waals surface area contributed by atoms with Crippen LogP contribution in [-0.2, 0) is 15.7 Å². The van der Waals surface area contributed by atoms with Crippen molar-refractivity contribution in [3.05, 3.63) is 35.9 Å². The maximum absolute atomic E-state index is 12.7. The van der Waals surface area contributed by atoms with Gasteiger partial charge in [-0.3, -0.25) is 0 Å². The molecular weight excluding hydrogens is 299 g/mol. The quantitative estimate of drug-likeness (QED) is 0.524. The van der Waals surface area contributed by atoms with Gasteiger partial charge in [0.25, 0.3) is 0 Å². The molecule has 0 unspecified atom stereocenters. The third-order valence-corrected chi connectivity index (χ3v) is 2.36. The fraction of sp³-hybridized carbons (Fsp3) is 0.400. The molecule has 0 radical (unpaired) electrons. The van der Waals surface area contributed by atoms with Crippen LogP contribution >= 0.6 is 0 Å². The van der Waals surface area contributed by atoms with Crippen molar-refractivity contribution in [2.24, 2.45) is 0 Å². The minimum Gasteiger partial charge on any atom is -0.489 e. The molecule has 0 saturated carbocycles. The third kappa shape index (κ3) is 5.67. The zero-order chi connectivity index (χ0) is 17.1. The van der Waals surface area contributed by atoms with Gasteiger partial charge < -0.3 is 15.2 Å². The van der Waals surface area contributed by atoms with Crippen LogP contribution in [0.1, 0.15) is 26.3 Å². The topological polar surface area (TPSA) is 61.5 Å². The Morgan fingerprint density at radius 2 is 1.82 bits per heavy atom.